The van der Waals surface area contributed by atoms with Gasteiger partial charge in [-0.15, -0.1) is 0 Å². The molecule has 3 aromatic carbocycles. The number of fused-ring (bicyclic) bond motifs is 2. The number of nitrogens with zero attached hydrogens (tertiary/aromatic N) is 2. The minimum absolute atomic E-state index is 0.319. The molecule has 0 spiro atoms. The minimum Gasteiger partial charge on any atom is -0.497 e. The number of methoxy groups -OCH3 is 1. The molecule has 0 saturated heterocycles. The number of sulfonamides is 1. The third-order valence-electron chi connectivity index (χ3n) is 5.75. The van der Waals surface area contributed by atoms with E-state index in [1.807, 2.05) is 72.9 Å². The third-order valence-corrected chi connectivity index (χ3v) is 7.61. The first kappa shape index (κ1) is 18.9. The van der Waals surface area contributed by atoms with Crippen molar-refractivity contribution in [1.82, 2.24) is 8.87 Å². The lowest BCUT2D eigenvalue weighted by Crippen LogP contribution is -2.42. The Labute approximate surface area is 176 Å². The van der Waals surface area contributed by atoms with Gasteiger partial charge in [0.25, 0.3) is 0 Å². The van der Waals surface area contributed by atoms with Gasteiger partial charge in [0.2, 0.25) is 10.0 Å². The summed E-state index contributed by atoms with van der Waals surface area (Å²) in [6.07, 6.45) is 2.01. The van der Waals surface area contributed by atoms with Crippen molar-refractivity contribution in [1.29, 1.82) is 0 Å². The average molecular weight is 419 g/mol. The van der Waals surface area contributed by atoms with Gasteiger partial charge in [-0.2, -0.15) is 4.31 Å². The predicted octanol–water partition coefficient (Wildman–Crippen LogP) is 4.44. The van der Waals surface area contributed by atoms with Crippen molar-refractivity contribution < 1.29 is 13.2 Å². The molecule has 2 heterocycles. The van der Waals surface area contributed by atoms with Crippen LogP contribution in [0, 0.1) is 0 Å². The Morgan fingerprint density at radius 1 is 0.867 bits per heavy atom. The number of hydrogen-bond acceptors (Lipinski definition) is 3. The molecule has 0 amide bonds. The maximum absolute atomic E-state index is 13.8. The molecule has 5 nitrogen and oxygen atoms in total. The quantitative estimate of drug-likeness (QED) is 0.492. The SMILES string of the molecule is COc1ccc(C2c3cccn3CCN2S(=O)(=O)c2ccc3ccccc3c2)cc1. The lowest BCUT2D eigenvalue weighted by atomic mass is 10.0. The highest BCUT2D eigenvalue weighted by molar-refractivity contribution is 7.89. The summed E-state index contributed by atoms with van der Waals surface area (Å²) in [6, 6.07) is 24.3. The summed E-state index contributed by atoms with van der Waals surface area (Å²) in [6.45, 7) is 1.04. The van der Waals surface area contributed by atoms with Crippen molar-refractivity contribution in [2.45, 2.75) is 17.5 Å². The van der Waals surface area contributed by atoms with Crippen molar-refractivity contribution in [3.05, 3.63) is 96.3 Å². The summed E-state index contributed by atoms with van der Waals surface area (Å²) in [5, 5.41) is 1.94. The summed E-state index contributed by atoms with van der Waals surface area (Å²) in [5.74, 6) is 0.744. The third kappa shape index (κ3) is 3.09. The Balaban J connectivity index is 1.62. The summed E-state index contributed by atoms with van der Waals surface area (Å²) < 4.78 is 36.5. The van der Waals surface area contributed by atoms with Gasteiger partial charge in [0.15, 0.2) is 0 Å². The minimum atomic E-state index is -3.70. The van der Waals surface area contributed by atoms with Gasteiger partial charge in [-0.25, -0.2) is 8.42 Å². The van der Waals surface area contributed by atoms with Crippen LogP contribution >= 0.6 is 0 Å². The molecule has 30 heavy (non-hydrogen) atoms. The van der Waals surface area contributed by atoms with Crippen LogP contribution in [0.1, 0.15) is 17.3 Å². The van der Waals surface area contributed by atoms with Gasteiger partial charge >= 0.3 is 0 Å². The zero-order valence-corrected chi connectivity index (χ0v) is 17.4. The molecule has 1 aromatic heterocycles. The van der Waals surface area contributed by atoms with E-state index in [9.17, 15) is 8.42 Å². The van der Waals surface area contributed by atoms with Crippen LogP contribution in [0.5, 0.6) is 5.75 Å². The normalized spacial score (nSPS) is 17.0. The summed E-state index contributed by atoms with van der Waals surface area (Å²) in [5.41, 5.74) is 1.88. The van der Waals surface area contributed by atoms with Crippen molar-refractivity contribution in [3.8, 4) is 5.75 Å². The Bertz CT molecular complexity index is 1310. The molecule has 1 atom stereocenters. The lowest BCUT2D eigenvalue weighted by molar-refractivity contribution is 0.298. The molecule has 0 bridgehead atoms. The zero-order valence-electron chi connectivity index (χ0n) is 16.6. The summed E-state index contributed by atoms with van der Waals surface area (Å²) >= 11 is 0. The molecule has 0 saturated carbocycles. The number of hydrogen-bond donors (Lipinski definition) is 0. The maximum Gasteiger partial charge on any atom is 0.244 e. The van der Waals surface area contributed by atoms with Crippen LogP contribution in [0.4, 0.5) is 0 Å². The van der Waals surface area contributed by atoms with Crippen molar-refractivity contribution >= 4 is 20.8 Å². The Morgan fingerprint density at radius 3 is 2.40 bits per heavy atom. The molecule has 4 aromatic rings. The second-order valence-electron chi connectivity index (χ2n) is 7.43. The maximum atomic E-state index is 13.8. The van der Waals surface area contributed by atoms with Crippen LogP contribution in [0.15, 0.2) is 90.0 Å². The highest BCUT2D eigenvalue weighted by Crippen LogP contribution is 2.37. The van der Waals surface area contributed by atoms with Crippen LogP contribution in [-0.4, -0.2) is 30.9 Å². The molecule has 5 rings (SSSR count). The van der Waals surface area contributed by atoms with E-state index in [-0.39, 0.29) is 0 Å². The fraction of sp³-hybridized carbons (Fsp3) is 0.167. The molecular formula is C24H22N2O3S. The van der Waals surface area contributed by atoms with Gasteiger partial charge in [-0.05, 0) is 52.7 Å². The van der Waals surface area contributed by atoms with Gasteiger partial charge < -0.3 is 9.30 Å². The summed E-state index contributed by atoms with van der Waals surface area (Å²) in [4.78, 5) is 0.319. The molecule has 1 aliphatic heterocycles. The van der Waals surface area contributed by atoms with E-state index < -0.39 is 16.1 Å². The van der Waals surface area contributed by atoms with Gasteiger partial charge in [0.1, 0.15) is 5.75 Å². The number of aromatic nitrogens is 1. The fourth-order valence-electron chi connectivity index (χ4n) is 4.21. The molecule has 152 valence electrons. The smallest absolute Gasteiger partial charge is 0.244 e. The van der Waals surface area contributed by atoms with Crippen LogP contribution in [0.3, 0.4) is 0 Å². The Morgan fingerprint density at radius 2 is 1.63 bits per heavy atom. The first-order valence-electron chi connectivity index (χ1n) is 9.87. The van der Waals surface area contributed by atoms with E-state index in [4.69, 9.17) is 4.74 Å². The van der Waals surface area contributed by atoms with E-state index in [1.54, 1.807) is 23.5 Å². The molecule has 1 aliphatic rings. The van der Waals surface area contributed by atoms with Crippen molar-refractivity contribution in [2.75, 3.05) is 13.7 Å². The lowest BCUT2D eigenvalue weighted by Gasteiger charge is -2.36. The molecule has 0 fully saturated rings. The summed E-state index contributed by atoms with van der Waals surface area (Å²) in [7, 11) is -2.08. The first-order valence-corrected chi connectivity index (χ1v) is 11.3. The van der Waals surface area contributed by atoms with Crippen molar-refractivity contribution in [3.63, 3.8) is 0 Å². The zero-order chi connectivity index (χ0) is 20.7. The second kappa shape index (κ2) is 7.31. The van der Waals surface area contributed by atoms with Gasteiger partial charge in [0.05, 0.1) is 18.0 Å². The van der Waals surface area contributed by atoms with Gasteiger partial charge in [0, 0.05) is 25.0 Å². The van der Waals surface area contributed by atoms with Crippen LogP contribution in [0.2, 0.25) is 0 Å². The highest BCUT2D eigenvalue weighted by Gasteiger charge is 2.37. The van der Waals surface area contributed by atoms with Gasteiger partial charge in [-0.1, -0.05) is 42.5 Å². The van der Waals surface area contributed by atoms with E-state index >= 15 is 0 Å². The van der Waals surface area contributed by atoms with Crippen molar-refractivity contribution in [2.24, 2.45) is 0 Å². The van der Waals surface area contributed by atoms with E-state index in [2.05, 4.69) is 4.57 Å². The van der Waals surface area contributed by atoms with Gasteiger partial charge in [-0.3, -0.25) is 0 Å². The molecule has 1 unspecified atom stereocenters. The monoisotopic (exact) mass is 418 g/mol. The predicted molar refractivity (Wildman–Crippen MR) is 117 cm³/mol. The number of ether oxygens (including phenoxy) is 1. The fourth-order valence-corrected chi connectivity index (χ4v) is 5.82. The number of rotatable bonds is 4. The Kier molecular flexibility index (Phi) is 4.60. The van der Waals surface area contributed by atoms with Crippen LogP contribution in [-0.2, 0) is 16.6 Å². The van der Waals surface area contributed by atoms with E-state index in [0.717, 1.165) is 27.8 Å². The highest BCUT2D eigenvalue weighted by atomic mass is 32.2. The molecule has 0 aliphatic carbocycles. The van der Waals surface area contributed by atoms with E-state index in [0.29, 0.717) is 18.0 Å². The average Bonchev–Trinajstić information content (AvgIpc) is 3.27. The topological polar surface area (TPSA) is 51.5 Å². The molecule has 0 radical (unpaired) electrons. The van der Waals surface area contributed by atoms with Crippen LogP contribution < -0.4 is 4.74 Å². The Hall–Kier alpha value is -3.09. The first-order chi connectivity index (χ1) is 14.6. The second-order valence-corrected chi connectivity index (χ2v) is 9.32. The largest absolute Gasteiger partial charge is 0.497 e. The standard InChI is InChI=1S/C24H22N2O3S/c1-29-21-11-8-19(9-12-21)24-23-7-4-14-25(23)15-16-26(24)30(27,28)22-13-10-18-5-2-3-6-20(18)17-22/h2-14,17,24H,15-16H2,1H3. The molecule has 6 heteroatoms. The molecular weight excluding hydrogens is 396 g/mol. The molecule has 0 N–H and O–H groups in total. The number of benzene rings is 3. The van der Waals surface area contributed by atoms with Crippen LogP contribution in [0.25, 0.3) is 10.8 Å². The van der Waals surface area contributed by atoms with E-state index in [1.165, 1.54) is 0 Å².